The molecule has 2 atom stereocenters. The summed E-state index contributed by atoms with van der Waals surface area (Å²) in [7, 11) is 1.82. The van der Waals surface area contributed by atoms with Gasteiger partial charge in [0, 0.05) is 30.2 Å². The zero-order chi connectivity index (χ0) is 22.7. The maximum Gasteiger partial charge on any atom is 0.404 e. The van der Waals surface area contributed by atoms with Gasteiger partial charge in [0.2, 0.25) is 0 Å². The Balaban J connectivity index is 1.93. The summed E-state index contributed by atoms with van der Waals surface area (Å²) in [5, 5.41) is 32.1. The maximum atomic E-state index is 14.7. The lowest BCUT2D eigenvalue weighted by Crippen LogP contribution is -2.47. The third kappa shape index (κ3) is 4.83. The van der Waals surface area contributed by atoms with E-state index < -0.39 is 24.0 Å². The zero-order valence-corrected chi connectivity index (χ0v) is 17.6. The van der Waals surface area contributed by atoms with Gasteiger partial charge in [-0.15, -0.1) is 0 Å². The van der Waals surface area contributed by atoms with E-state index in [0.29, 0.717) is 5.69 Å². The fourth-order valence-electron chi connectivity index (χ4n) is 3.44. The van der Waals surface area contributed by atoms with Crippen molar-refractivity contribution in [2.75, 3.05) is 10.6 Å². The van der Waals surface area contributed by atoms with Gasteiger partial charge in [-0.25, -0.2) is 14.2 Å². The summed E-state index contributed by atoms with van der Waals surface area (Å²) < 4.78 is 16.4. The monoisotopic (exact) mass is 425 g/mol. The molecule has 3 aromatic rings. The Hall–Kier alpha value is -3.87. The normalized spacial score (nSPS) is 12.9. The largest absolute Gasteiger partial charge is 0.465 e. The van der Waals surface area contributed by atoms with Gasteiger partial charge in [0.25, 0.3) is 0 Å². The molecule has 0 saturated heterocycles. The van der Waals surface area contributed by atoms with Gasteiger partial charge in [-0.3, -0.25) is 4.68 Å². The van der Waals surface area contributed by atoms with Crippen LogP contribution in [-0.2, 0) is 7.05 Å². The number of amides is 1. The highest BCUT2D eigenvalue weighted by Gasteiger charge is 2.24. The highest BCUT2D eigenvalue weighted by atomic mass is 19.1. The molecule has 1 aromatic carbocycles. The number of fused-ring (bicyclic) bond motifs is 1. The molecule has 0 fully saturated rings. The Morgan fingerprint density at radius 1 is 1.26 bits per heavy atom. The van der Waals surface area contributed by atoms with Gasteiger partial charge in [-0.1, -0.05) is 13.8 Å². The molecule has 0 spiro atoms. The molecule has 0 aliphatic carbocycles. The number of aromatic nitrogens is 3. The number of pyridine rings is 1. The van der Waals surface area contributed by atoms with Gasteiger partial charge in [0.05, 0.1) is 17.3 Å². The van der Waals surface area contributed by atoms with Crippen LogP contribution in [-0.4, -0.2) is 38.0 Å². The lowest BCUT2D eigenvalue weighted by molar-refractivity contribution is 0.188. The van der Waals surface area contributed by atoms with Gasteiger partial charge in [-0.2, -0.15) is 10.4 Å². The van der Waals surface area contributed by atoms with Crippen molar-refractivity contribution in [3.05, 3.63) is 41.8 Å². The average Bonchev–Trinajstić information content (AvgIpc) is 3.07. The molecular weight excluding hydrogens is 401 g/mol. The summed E-state index contributed by atoms with van der Waals surface area (Å²) >= 11 is 0. The van der Waals surface area contributed by atoms with Gasteiger partial charge in [0.15, 0.2) is 17.5 Å². The molecule has 0 unspecified atom stereocenters. The van der Waals surface area contributed by atoms with Crippen molar-refractivity contribution < 1.29 is 14.3 Å². The molecule has 31 heavy (non-hydrogen) atoms. The first kappa shape index (κ1) is 21.8. The summed E-state index contributed by atoms with van der Waals surface area (Å²) in [6.07, 6.45) is 0.581. The molecular formula is C21H24FN7O2. The summed E-state index contributed by atoms with van der Waals surface area (Å²) in [6.45, 7) is 5.47. The van der Waals surface area contributed by atoms with E-state index in [9.17, 15) is 14.4 Å². The number of halogens is 1. The number of benzene rings is 1. The fraction of sp³-hybridized carbons (Fsp3) is 0.333. The minimum atomic E-state index is -1.17. The van der Waals surface area contributed by atoms with E-state index in [-0.39, 0.29) is 23.1 Å². The first-order valence-electron chi connectivity index (χ1n) is 9.75. The second-order valence-electron chi connectivity index (χ2n) is 7.65. The highest BCUT2D eigenvalue weighted by molar-refractivity contribution is 5.83. The molecule has 0 saturated carbocycles. The van der Waals surface area contributed by atoms with Gasteiger partial charge in [0.1, 0.15) is 6.07 Å². The molecule has 1 amide bonds. The number of nitriles is 1. The lowest BCUT2D eigenvalue weighted by Gasteiger charge is -2.29. The van der Waals surface area contributed by atoms with E-state index in [2.05, 4.69) is 26.0 Å². The van der Waals surface area contributed by atoms with Crippen LogP contribution in [0.1, 0.15) is 26.3 Å². The van der Waals surface area contributed by atoms with Gasteiger partial charge < -0.3 is 21.1 Å². The van der Waals surface area contributed by atoms with Crippen LogP contribution in [0.3, 0.4) is 0 Å². The van der Waals surface area contributed by atoms with Crippen molar-refractivity contribution in [2.24, 2.45) is 13.0 Å². The van der Waals surface area contributed by atoms with E-state index in [1.54, 1.807) is 17.8 Å². The minimum absolute atomic E-state index is 0.0256. The summed E-state index contributed by atoms with van der Waals surface area (Å²) in [5.41, 5.74) is 1.60. The molecule has 0 bridgehead atoms. The molecule has 10 heteroatoms. The number of hydrogen-bond acceptors (Lipinski definition) is 6. The fourth-order valence-corrected chi connectivity index (χ4v) is 3.44. The van der Waals surface area contributed by atoms with Crippen LogP contribution in [0.25, 0.3) is 10.9 Å². The molecule has 2 heterocycles. The smallest absolute Gasteiger partial charge is 0.404 e. The standard InChI is InChI=1S/C21H24FN7O2/c1-11(2)18(12(3)25-21(30)31)27-20-16(22)7-14(9-23)19(28-20)26-15-6-5-13-10-24-29(4)17(13)8-15/h5-8,10-12,18,25H,1-4H3,(H,30,31)(H2,26,27,28)/t12-,18+/m0/s1. The van der Waals surface area contributed by atoms with Crippen LogP contribution < -0.4 is 16.0 Å². The van der Waals surface area contributed by atoms with Crippen molar-refractivity contribution >= 4 is 34.3 Å². The quantitative estimate of drug-likeness (QED) is 0.453. The van der Waals surface area contributed by atoms with Crippen LogP contribution in [0, 0.1) is 23.1 Å². The molecule has 0 radical (unpaired) electrons. The van der Waals surface area contributed by atoms with Crippen molar-refractivity contribution in [3.8, 4) is 6.07 Å². The number of nitrogens with one attached hydrogen (secondary N) is 3. The first-order valence-corrected chi connectivity index (χ1v) is 9.75. The van der Waals surface area contributed by atoms with E-state index in [4.69, 9.17) is 5.11 Å². The second-order valence-corrected chi connectivity index (χ2v) is 7.65. The first-order chi connectivity index (χ1) is 14.7. The summed E-state index contributed by atoms with van der Waals surface area (Å²) in [6, 6.07) is 7.69. The van der Waals surface area contributed by atoms with E-state index in [0.717, 1.165) is 17.0 Å². The van der Waals surface area contributed by atoms with Crippen molar-refractivity contribution in [1.82, 2.24) is 20.1 Å². The second kappa shape index (κ2) is 8.87. The number of rotatable bonds is 7. The van der Waals surface area contributed by atoms with Crippen LogP contribution >= 0.6 is 0 Å². The van der Waals surface area contributed by atoms with Crippen LogP contribution in [0.5, 0.6) is 0 Å². The molecule has 9 nitrogen and oxygen atoms in total. The maximum absolute atomic E-state index is 14.7. The Labute approximate surface area is 178 Å². The van der Waals surface area contributed by atoms with Crippen molar-refractivity contribution in [2.45, 2.75) is 32.9 Å². The SMILES string of the molecule is CC(C)[C@@H](Nc1nc(Nc2ccc3cnn(C)c3c2)c(C#N)cc1F)[C@H](C)NC(=O)O. The predicted octanol–water partition coefficient (Wildman–Crippen LogP) is 3.82. The number of anilines is 3. The molecule has 162 valence electrons. The number of aryl methyl sites for hydroxylation is 1. The number of carbonyl (C=O) groups is 1. The molecule has 3 rings (SSSR count). The Kier molecular flexibility index (Phi) is 6.25. The lowest BCUT2D eigenvalue weighted by atomic mass is 9.97. The van der Waals surface area contributed by atoms with Crippen molar-refractivity contribution in [3.63, 3.8) is 0 Å². The molecule has 0 aliphatic rings. The Morgan fingerprint density at radius 2 is 2.00 bits per heavy atom. The molecule has 4 N–H and O–H groups in total. The molecule has 0 aliphatic heterocycles. The third-order valence-corrected chi connectivity index (χ3v) is 5.02. The van der Waals surface area contributed by atoms with Gasteiger partial charge >= 0.3 is 6.09 Å². The third-order valence-electron chi connectivity index (χ3n) is 5.02. The highest BCUT2D eigenvalue weighted by Crippen LogP contribution is 2.27. The number of carboxylic acid groups (broad SMARTS) is 1. The predicted molar refractivity (Wildman–Crippen MR) is 116 cm³/mol. The van der Waals surface area contributed by atoms with E-state index in [1.807, 2.05) is 45.2 Å². The van der Waals surface area contributed by atoms with Crippen LogP contribution in [0.2, 0.25) is 0 Å². The topological polar surface area (TPSA) is 128 Å². The Bertz CT molecular complexity index is 1150. The summed E-state index contributed by atoms with van der Waals surface area (Å²) in [4.78, 5) is 15.3. The average molecular weight is 425 g/mol. The van der Waals surface area contributed by atoms with E-state index >= 15 is 0 Å². The van der Waals surface area contributed by atoms with Crippen LogP contribution in [0.4, 0.5) is 26.5 Å². The van der Waals surface area contributed by atoms with E-state index in [1.165, 1.54) is 0 Å². The van der Waals surface area contributed by atoms with Crippen molar-refractivity contribution in [1.29, 1.82) is 5.26 Å². The number of hydrogen-bond donors (Lipinski definition) is 4. The molecule has 2 aromatic heterocycles. The minimum Gasteiger partial charge on any atom is -0.465 e. The number of nitrogens with zero attached hydrogens (tertiary/aromatic N) is 4. The van der Waals surface area contributed by atoms with Gasteiger partial charge in [-0.05, 0) is 37.1 Å². The van der Waals surface area contributed by atoms with Crippen LogP contribution in [0.15, 0.2) is 30.5 Å². The summed E-state index contributed by atoms with van der Waals surface area (Å²) in [5.74, 6) is -0.602. The Morgan fingerprint density at radius 3 is 2.65 bits per heavy atom. The zero-order valence-electron chi connectivity index (χ0n) is 17.6.